The van der Waals surface area contributed by atoms with Gasteiger partial charge >= 0.3 is 0 Å². The number of oxazole rings is 1. The second-order valence-corrected chi connectivity index (χ2v) is 9.78. The average molecular weight is 455 g/mol. The molecule has 3 aromatic rings. The molecule has 32 heavy (non-hydrogen) atoms. The number of nitrogens with zero attached hydrogens (tertiary/aromatic N) is 3. The van der Waals surface area contributed by atoms with E-state index >= 15 is 0 Å². The molecule has 0 radical (unpaired) electrons. The predicted octanol–water partition coefficient (Wildman–Crippen LogP) is 3.37. The predicted molar refractivity (Wildman–Crippen MR) is 117 cm³/mol. The zero-order valence-corrected chi connectivity index (χ0v) is 18.5. The minimum atomic E-state index is -3.37. The van der Waals surface area contributed by atoms with Crippen LogP contribution in [-0.4, -0.2) is 38.7 Å². The Morgan fingerprint density at radius 3 is 2.66 bits per heavy atom. The molecule has 9 nitrogen and oxygen atoms in total. The van der Waals surface area contributed by atoms with Gasteiger partial charge < -0.3 is 19.1 Å². The number of aryl methyl sites for hydroxylation is 1. The van der Waals surface area contributed by atoms with E-state index in [0.29, 0.717) is 43.3 Å². The highest BCUT2D eigenvalue weighted by Gasteiger charge is 2.29. The third kappa shape index (κ3) is 4.38. The fourth-order valence-electron chi connectivity index (χ4n) is 3.65. The van der Waals surface area contributed by atoms with Gasteiger partial charge in [-0.1, -0.05) is 6.07 Å². The number of nitriles is 1. The van der Waals surface area contributed by atoms with Crippen LogP contribution in [0.1, 0.15) is 24.1 Å². The van der Waals surface area contributed by atoms with Gasteiger partial charge in [-0.05, 0) is 49.6 Å². The Balaban J connectivity index is 1.44. The lowest BCUT2D eigenvalue weighted by Crippen LogP contribution is -2.38. The summed E-state index contributed by atoms with van der Waals surface area (Å²) in [5.74, 6) is 0.643. The lowest BCUT2D eigenvalue weighted by atomic mass is 9.95. The van der Waals surface area contributed by atoms with Gasteiger partial charge in [0.25, 0.3) is 5.89 Å². The molecule has 166 valence electrons. The summed E-state index contributed by atoms with van der Waals surface area (Å²) in [7, 11) is -3.37. The molecular formula is C22H22N4O5S. The van der Waals surface area contributed by atoms with Crippen LogP contribution < -0.4 is 10.2 Å². The summed E-state index contributed by atoms with van der Waals surface area (Å²) in [5.41, 5.74) is 1.45. The number of hydrogen-bond acceptors (Lipinski definition) is 8. The summed E-state index contributed by atoms with van der Waals surface area (Å²) in [5, 5.41) is 12.3. The molecule has 1 aliphatic rings. The number of carbonyl (C=O) groups excluding carboxylic acids is 1. The van der Waals surface area contributed by atoms with Crippen molar-refractivity contribution in [2.24, 2.45) is 5.92 Å². The SMILES string of the molecule is Cc1ccc(S(C)(=O)=O)cc1NC(=O)C1CCN(c2oc(-c3ccco3)nc2C#N)CC1. The minimum Gasteiger partial charge on any atom is -0.459 e. The second kappa shape index (κ2) is 8.51. The molecule has 4 rings (SSSR count). The van der Waals surface area contributed by atoms with E-state index in [2.05, 4.69) is 10.3 Å². The molecule has 0 spiro atoms. The molecule has 1 aliphatic heterocycles. The van der Waals surface area contributed by atoms with Gasteiger partial charge in [0.15, 0.2) is 15.6 Å². The molecule has 0 atom stereocenters. The van der Waals surface area contributed by atoms with Crippen molar-refractivity contribution in [3.8, 4) is 17.7 Å². The molecule has 0 bridgehead atoms. The first-order chi connectivity index (χ1) is 15.3. The molecule has 1 amide bonds. The molecule has 0 saturated carbocycles. The van der Waals surface area contributed by atoms with Crippen molar-refractivity contribution in [1.29, 1.82) is 5.26 Å². The molecule has 0 unspecified atom stereocenters. The highest BCUT2D eigenvalue weighted by atomic mass is 32.2. The van der Waals surface area contributed by atoms with Crippen molar-refractivity contribution in [2.75, 3.05) is 29.6 Å². The number of carbonyl (C=O) groups is 1. The van der Waals surface area contributed by atoms with E-state index in [1.54, 1.807) is 18.2 Å². The number of rotatable bonds is 5. The standard InChI is InChI=1S/C22H22N4O5S/c1-14-5-6-16(32(2,28)29)12-17(14)24-20(27)15-7-9-26(10-8-15)22-18(13-23)25-21(31-22)19-4-3-11-30-19/h3-6,11-12,15H,7-10H2,1-2H3,(H,24,27). The highest BCUT2D eigenvalue weighted by Crippen LogP contribution is 2.32. The lowest BCUT2D eigenvalue weighted by Gasteiger charge is -2.31. The van der Waals surface area contributed by atoms with Gasteiger partial charge in [-0.15, -0.1) is 0 Å². The number of piperidine rings is 1. The Kier molecular flexibility index (Phi) is 5.76. The summed E-state index contributed by atoms with van der Waals surface area (Å²) in [6, 6.07) is 10.2. The van der Waals surface area contributed by atoms with Gasteiger partial charge in [-0.2, -0.15) is 10.2 Å². The number of benzene rings is 1. The monoisotopic (exact) mass is 454 g/mol. The number of sulfone groups is 1. The Bertz CT molecular complexity index is 1280. The van der Waals surface area contributed by atoms with Crippen LogP contribution in [0.2, 0.25) is 0 Å². The van der Waals surface area contributed by atoms with Gasteiger partial charge in [0.2, 0.25) is 17.5 Å². The first-order valence-electron chi connectivity index (χ1n) is 10.1. The zero-order valence-electron chi connectivity index (χ0n) is 17.7. The Morgan fingerprint density at radius 1 is 1.28 bits per heavy atom. The van der Waals surface area contributed by atoms with Crippen LogP contribution in [0, 0.1) is 24.2 Å². The van der Waals surface area contributed by atoms with E-state index in [0.717, 1.165) is 11.8 Å². The van der Waals surface area contributed by atoms with Crippen molar-refractivity contribution < 1.29 is 22.0 Å². The van der Waals surface area contributed by atoms with Gasteiger partial charge in [0, 0.05) is 31.0 Å². The highest BCUT2D eigenvalue weighted by molar-refractivity contribution is 7.90. The van der Waals surface area contributed by atoms with E-state index < -0.39 is 9.84 Å². The lowest BCUT2D eigenvalue weighted by molar-refractivity contribution is -0.120. The quantitative estimate of drug-likeness (QED) is 0.621. The molecule has 0 aliphatic carbocycles. The Morgan fingerprint density at radius 2 is 2.03 bits per heavy atom. The number of hydrogen-bond donors (Lipinski definition) is 1. The summed E-state index contributed by atoms with van der Waals surface area (Å²) >= 11 is 0. The number of anilines is 2. The van der Waals surface area contributed by atoms with E-state index in [1.807, 2.05) is 17.9 Å². The number of aromatic nitrogens is 1. The first kappa shape index (κ1) is 21.6. The van der Waals surface area contributed by atoms with Crippen molar-refractivity contribution >= 4 is 27.3 Å². The maximum absolute atomic E-state index is 12.8. The van der Waals surface area contributed by atoms with Crippen LogP contribution in [0.15, 0.2) is 50.3 Å². The third-order valence-electron chi connectivity index (χ3n) is 5.50. The van der Waals surface area contributed by atoms with E-state index in [9.17, 15) is 18.5 Å². The minimum absolute atomic E-state index is 0.159. The third-order valence-corrected chi connectivity index (χ3v) is 6.61. The maximum atomic E-state index is 12.8. The first-order valence-corrected chi connectivity index (χ1v) is 12.0. The average Bonchev–Trinajstić information content (AvgIpc) is 3.44. The normalized spacial score (nSPS) is 14.8. The molecule has 2 aromatic heterocycles. The van der Waals surface area contributed by atoms with Gasteiger partial charge in [-0.25, -0.2) is 8.42 Å². The molecule has 1 fully saturated rings. The van der Waals surface area contributed by atoms with Gasteiger partial charge in [0.1, 0.15) is 6.07 Å². The van der Waals surface area contributed by atoms with Crippen LogP contribution in [0.5, 0.6) is 0 Å². The van der Waals surface area contributed by atoms with Crippen LogP contribution in [0.4, 0.5) is 11.6 Å². The van der Waals surface area contributed by atoms with Crippen LogP contribution >= 0.6 is 0 Å². The summed E-state index contributed by atoms with van der Waals surface area (Å²) in [4.78, 5) is 19.1. The van der Waals surface area contributed by atoms with Gasteiger partial charge in [-0.3, -0.25) is 4.79 Å². The zero-order chi connectivity index (χ0) is 22.9. The molecule has 3 heterocycles. The summed E-state index contributed by atoms with van der Waals surface area (Å²) in [6.45, 7) is 2.85. The van der Waals surface area contributed by atoms with E-state index in [-0.39, 0.29) is 28.3 Å². The second-order valence-electron chi connectivity index (χ2n) is 7.76. The van der Waals surface area contributed by atoms with Crippen molar-refractivity contribution in [1.82, 2.24) is 4.98 Å². The van der Waals surface area contributed by atoms with Gasteiger partial charge in [0.05, 0.1) is 11.2 Å². The number of amides is 1. The topological polar surface area (TPSA) is 129 Å². The number of nitrogens with one attached hydrogen (secondary N) is 1. The summed E-state index contributed by atoms with van der Waals surface area (Å²) in [6.07, 6.45) is 3.74. The van der Waals surface area contributed by atoms with Crippen molar-refractivity contribution in [2.45, 2.75) is 24.7 Å². The molecule has 10 heteroatoms. The Labute approximate surface area is 185 Å². The van der Waals surface area contributed by atoms with Crippen molar-refractivity contribution in [3.05, 3.63) is 47.9 Å². The van der Waals surface area contributed by atoms with Crippen LogP contribution in [-0.2, 0) is 14.6 Å². The fraction of sp³-hybridized carbons (Fsp3) is 0.318. The molecular weight excluding hydrogens is 432 g/mol. The molecule has 1 N–H and O–H groups in total. The molecule has 1 aromatic carbocycles. The van der Waals surface area contributed by atoms with Crippen molar-refractivity contribution in [3.63, 3.8) is 0 Å². The smallest absolute Gasteiger partial charge is 0.266 e. The molecule has 1 saturated heterocycles. The van der Waals surface area contributed by atoms with Crippen LogP contribution in [0.25, 0.3) is 11.7 Å². The van der Waals surface area contributed by atoms with E-state index in [1.165, 1.54) is 18.4 Å². The van der Waals surface area contributed by atoms with Crippen LogP contribution in [0.3, 0.4) is 0 Å². The maximum Gasteiger partial charge on any atom is 0.266 e. The largest absolute Gasteiger partial charge is 0.459 e. The van der Waals surface area contributed by atoms with E-state index in [4.69, 9.17) is 8.83 Å². The Hall–Kier alpha value is -3.58. The number of furan rings is 1. The summed E-state index contributed by atoms with van der Waals surface area (Å²) < 4.78 is 34.7. The fourth-order valence-corrected chi connectivity index (χ4v) is 4.30.